The number of benzene rings is 10. The minimum atomic E-state index is 1.11. The van der Waals surface area contributed by atoms with E-state index in [1.54, 1.807) is 0 Å². The summed E-state index contributed by atoms with van der Waals surface area (Å²) in [7, 11) is 0. The Labute approximate surface area is 327 Å². The van der Waals surface area contributed by atoms with Crippen LogP contribution in [0.15, 0.2) is 200 Å². The maximum Gasteiger partial charge on any atom is 0.0620 e. The summed E-state index contributed by atoms with van der Waals surface area (Å²) >= 11 is 0. The Morgan fingerprint density at radius 1 is 0.281 bits per heavy atom. The Hall–Kier alpha value is -7.62. The van der Waals surface area contributed by atoms with Crippen LogP contribution >= 0.6 is 0 Å². The van der Waals surface area contributed by atoms with Crippen LogP contribution in [0.3, 0.4) is 0 Å². The van der Waals surface area contributed by atoms with Crippen LogP contribution in [-0.2, 0) is 0 Å². The highest BCUT2D eigenvalue weighted by atomic mass is 15.1. The van der Waals surface area contributed by atoms with Gasteiger partial charge in [-0.2, -0.15) is 0 Å². The van der Waals surface area contributed by atoms with Gasteiger partial charge in [0.2, 0.25) is 0 Å². The number of anilines is 3. The Bertz CT molecular complexity index is 3680. The fraction of sp³-hybridized carbons (Fsp3) is 0. The molecule has 0 fully saturated rings. The van der Waals surface area contributed by atoms with E-state index in [1.165, 1.54) is 92.2 Å². The zero-order valence-corrected chi connectivity index (χ0v) is 30.9. The van der Waals surface area contributed by atoms with Crippen LogP contribution in [0, 0.1) is 0 Å². The standard InChI is InChI=1S/C54H33N3/c1-3-12-36-30-41(23-20-34(36)10-1)55(42-24-21-35-11-2-4-13-37(35)31-42)39-25-27-40(28-26-39)56-50-18-7-6-15-44(50)49-32-38-22-29-47-46-17-9-16-45-43-14-5-8-19-51(43)57(53(45)46)54(47)48(38)33-52(49)56/h1-33H. The summed E-state index contributed by atoms with van der Waals surface area (Å²) < 4.78 is 4.97. The first-order chi connectivity index (χ1) is 28.3. The first kappa shape index (κ1) is 30.7. The second-order valence-corrected chi connectivity index (χ2v) is 15.4. The first-order valence-corrected chi connectivity index (χ1v) is 19.7. The summed E-state index contributed by atoms with van der Waals surface area (Å²) in [4.78, 5) is 2.38. The van der Waals surface area contributed by atoms with Crippen LogP contribution in [0.25, 0.3) is 97.9 Å². The van der Waals surface area contributed by atoms with E-state index in [0.29, 0.717) is 0 Å². The fourth-order valence-corrected chi connectivity index (χ4v) is 9.81. The third-order valence-corrected chi connectivity index (χ3v) is 12.3. The van der Waals surface area contributed by atoms with Gasteiger partial charge in [-0.25, -0.2) is 0 Å². The largest absolute Gasteiger partial charge is 0.310 e. The van der Waals surface area contributed by atoms with E-state index in [1.807, 2.05) is 0 Å². The minimum Gasteiger partial charge on any atom is -0.310 e. The molecule has 57 heavy (non-hydrogen) atoms. The zero-order valence-electron chi connectivity index (χ0n) is 30.9. The van der Waals surface area contributed by atoms with Gasteiger partial charge in [0.05, 0.1) is 27.6 Å². The molecule has 3 aromatic heterocycles. The molecule has 0 saturated carbocycles. The summed E-state index contributed by atoms with van der Waals surface area (Å²) in [6, 6.07) is 73.8. The number of rotatable bonds is 4. The van der Waals surface area contributed by atoms with Gasteiger partial charge in [0.15, 0.2) is 0 Å². The lowest BCUT2D eigenvalue weighted by Gasteiger charge is -2.26. The molecule has 0 atom stereocenters. The van der Waals surface area contributed by atoms with Crippen molar-refractivity contribution >= 4 is 109 Å². The molecule has 0 amide bonds. The van der Waals surface area contributed by atoms with Crippen molar-refractivity contribution in [1.82, 2.24) is 8.97 Å². The summed E-state index contributed by atoms with van der Waals surface area (Å²) in [6.07, 6.45) is 0. The smallest absolute Gasteiger partial charge is 0.0620 e. The summed E-state index contributed by atoms with van der Waals surface area (Å²) in [5.41, 5.74) is 10.7. The van der Waals surface area contributed by atoms with E-state index >= 15 is 0 Å². The predicted molar refractivity (Wildman–Crippen MR) is 243 cm³/mol. The highest BCUT2D eigenvalue weighted by Crippen LogP contribution is 2.44. The van der Waals surface area contributed by atoms with E-state index < -0.39 is 0 Å². The van der Waals surface area contributed by atoms with Gasteiger partial charge in [-0.1, -0.05) is 127 Å². The van der Waals surface area contributed by atoms with Gasteiger partial charge in [0.1, 0.15) is 0 Å². The molecule has 0 N–H and O–H groups in total. The van der Waals surface area contributed by atoms with Crippen LogP contribution in [0.5, 0.6) is 0 Å². The third-order valence-electron chi connectivity index (χ3n) is 12.3. The van der Waals surface area contributed by atoms with E-state index in [-0.39, 0.29) is 0 Å². The average molecular weight is 724 g/mol. The molecule has 13 rings (SSSR count). The van der Waals surface area contributed by atoms with Crippen molar-refractivity contribution in [1.29, 1.82) is 0 Å². The van der Waals surface area contributed by atoms with Crippen LogP contribution < -0.4 is 4.90 Å². The minimum absolute atomic E-state index is 1.11. The maximum atomic E-state index is 2.51. The lowest BCUT2D eigenvalue weighted by Crippen LogP contribution is -2.10. The van der Waals surface area contributed by atoms with Crippen molar-refractivity contribution in [2.45, 2.75) is 0 Å². The second kappa shape index (κ2) is 11.5. The van der Waals surface area contributed by atoms with E-state index in [2.05, 4.69) is 214 Å². The molecular formula is C54H33N3. The monoisotopic (exact) mass is 723 g/mol. The van der Waals surface area contributed by atoms with E-state index in [4.69, 9.17) is 0 Å². The molecule has 0 saturated heterocycles. The molecule has 3 heteroatoms. The quantitative estimate of drug-likeness (QED) is 0.176. The first-order valence-electron chi connectivity index (χ1n) is 19.7. The Morgan fingerprint density at radius 3 is 1.49 bits per heavy atom. The molecule has 0 radical (unpaired) electrons. The molecule has 0 unspecified atom stereocenters. The van der Waals surface area contributed by atoms with Crippen LogP contribution in [0.1, 0.15) is 0 Å². The molecule has 0 bridgehead atoms. The number of fused-ring (bicyclic) bond motifs is 13. The van der Waals surface area contributed by atoms with Gasteiger partial charge in [0, 0.05) is 60.5 Å². The topological polar surface area (TPSA) is 12.6 Å². The van der Waals surface area contributed by atoms with Gasteiger partial charge < -0.3 is 13.9 Å². The second-order valence-electron chi connectivity index (χ2n) is 15.4. The van der Waals surface area contributed by atoms with Gasteiger partial charge in [0.25, 0.3) is 0 Å². The van der Waals surface area contributed by atoms with Crippen molar-refractivity contribution in [2.75, 3.05) is 4.90 Å². The zero-order chi connectivity index (χ0) is 37.2. The van der Waals surface area contributed by atoms with Gasteiger partial charge in [-0.3, -0.25) is 0 Å². The van der Waals surface area contributed by atoms with Gasteiger partial charge in [-0.15, -0.1) is 0 Å². The van der Waals surface area contributed by atoms with Crippen LogP contribution in [0.2, 0.25) is 0 Å². The van der Waals surface area contributed by atoms with Crippen molar-refractivity contribution < 1.29 is 0 Å². The highest BCUT2D eigenvalue weighted by Gasteiger charge is 2.21. The summed E-state index contributed by atoms with van der Waals surface area (Å²) in [5, 5.41) is 15.1. The Kier molecular flexibility index (Phi) is 6.16. The predicted octanol–water partition coefficient (Wildman–Crippen LogP) is 14.9. The lowest BCUT2D eigenvalue weighted by atomic mass is 10.0. The SMILES string of the molecule is c1ccc2cc(N(c3ccc(-n4c5ccccc5c5cc6ccc7c8cccc9c%10ccccc%10n(c7c6cc54)c98)cc3)c3ccc4ccccc4c3)ccc2c1. The molecule has 3 heterocycles. The molecule has 0 aliphatic heterocycles. The molecule has 3 nitrogen and oxygen atoms in total. The number of hydrogen-bond donors (Lipinski definition) is 0. The molecule has 264 valence electrons. The van der Waals surface area contributed by atoms with Crippen molar-refractivity contribution in [3.8, 4) is 5.69 Å². The molecule has 0 aliphatic rings. The number of para-hydroxylation sites is 3. The molecule has 10 aromatic carbocycles. The third kappa shape index (κ3) is 4.31. The highest BCUT2D eigenvalue weighted by molar-refractivity contribution is 6.28. The average Bonchev–Trinajstić information content (AvgIpc) is 3.91. The normalized spacial score (nSPS) is 12.2. The Morgan fingerprint density at radius 2 is 0.789 bits per heavy atom. The van der Waals surface area contributed by atoms with E-state index in [0.717, 1.165) is 22.7 Å². The van der Waals surface area contributed by atoms with Crippen molar-refractivity contribution in [3.05, 3.63) is 200 Å². The van der Waals surface area contributed by atoms with Crippen molar-refractivity contribution in [2.24, 2.45) is 0 Å². The number of hydrogen-bond acceptors (Lipinski definition) is 1. The molecular weight excluding hydrogens is 691 g/mol. The van der Waals surface area contributed by atoms with Crippen LogP contribution in [-0.4, -0.2) is 8.97 Å². The lowest BCUT2D eigenvalue weighted by molar-refractivity contribution is 1.18. The summed E-state index contributed by atoms with van der Waals surface area (Å²) in [6.45, 7) is 0. The van der Waals surface area contributed by atoms with Gasteiger partial charge >= 0.3 is 0 Å². The van der Waals surface area contributed by atoms with Crippen LogP contribution in [0.4, 0.5) is 17.1 Å². The number of nitrogens with zero attached hydrogens (tertiary/aromatic N) is 3. The van der Waals surface area contributed by atoms with Crippen molar-refractivity contribution in [3.63, 3.8) is 0 Å². The summed E-state index contributed by atoms with van der Waals surface area (Å²) in [5.74, 6) is 0. The fourth-order valence-electron chi connectivity index (χ4n) is 9.81. The maximum absolute atomic E-state index is 2.51. The number of aromatic nitrogens is 2. The molecule has 13 aromatic rings. The molecule has 0 aliphatic carbocycles. The van der Waals surface area contributed by atoms with Gasteiger partial charge in [-0.05, 0) is 99.7 Å². The Balaban J connectivity index is 1.04. The van der Waals surface area contributed by atoms with E-state index in [9.17, 15) is 0 Å². The molecule has 0 spiro atoms.